The maximum atomic E-state index is 6.74. The summed E-state index contributed by atoms with van der Waals surface area (Å²) in [7, 11) is 2.17. The highest BCUT2D eigenvalue weighted by Crippen LogP contribution is 2.20. The van der Waals surface area contributed by atoms with Crippen LogP contribution < -0.4 is 16.4 Å². The van der Waals surface area contributed by atoms with Crippen LogP contribution in [-0.2, 0) is 6.54 Å². The molecule has 1 aromatic heterocycles. The number of aromatic nitrogens is 1. The first-order valence-corrected chi connectivity index (χ1v) is 10.5. The third-order valence-electron chi connectivity index (χ3n) is 4.91. The number of halogens is 1. The first-order valence-electron chi connectivity index (χ1n) is 10.1. The molecule has 0 saturated carbocycles. The minimum Gasteiger partial charge on any atom is -0.404 e. The molecule has 0 bridgehead atoms. The van der Waals surface area contributed by atoms with Crippen molar-refractivity contribution >= 4 is 28.7 Å². The molecule has 1 aliphatic heterocycles. The predicted octanol–water partition coefficient (Wildman–Crippen LogP) is 4.12. The van der Waals surface area contributed by atoms with Crippen molar-refractivity contribution in [3.8, 4) is 0 Å². The minimum atomic E-state index is 0.486. The molecule has 1 aliphatic rings. The molecule has 0 amide bonds. The lowest BCUT2D eigenvalue weighted by Gasteiger charge is -2.31. The van der Waals surface area contributed by atoms with Gasteiger partial charge in [-0.2, -0.15) is 0 Å². The molecule has 7 heteroatoms. The molecule has 0 aliphatic carbocycles. The summed E-state index contributed by atoms with van der Waals surface area (Å²) >= 11 is 6.02. The standard InChI is InChI=1S/C17H23ClN4.C6H10N2/c1-12(20-15-4-3-7-22(2)11-15)19-10-16-9-13-8-14(18)5-6-17(13)21-16;1-2-3-6(4-7)5-8/h5-6,8-9,15,19-21H,1,3-4,7,10-11H2,2H3;2,4-5,7H,1,3,8H2/b;6-5-,7-4?. The first kappa shape index (κ1) is 23.6. The van der Waals surface area contributed by atoms with E-state index in [0.29, 0.717) is 12.5 Å². The summed E-state index contributed by atoms with van der Waals surface area (Å²) < 4.78 is 0. The minimum absolute atomic E-state index is 0.486. The molecule has 3 rings (SSSR count). The van der Waals surface area contributed by atoms with Crippen LogP contribution in [0.15, 0.2) is 61.1 Å². The lowest BCUT2D eigenvalue weighted by atomic mass is 10.1. The van der Waals surface area contributed by atoms with Gasteiger partial charge in [-0.05, 0) is 68.9 Å². The molecule has 6 nitrogen and oxygen atoms in total. The summed E-state index contributed by atoms with van der Waals surface area (Å²) in [6.07, 6.45) is 7.47. The van der Waals surface area contributed by atoms with Crippen molar-refractivity contribution in [1.82, 2.24) is 20.5 Å². The monoisotopic (exact) mass is 428 g/mol. The second kappa shape index (κ2) is 12.1. The van der Waals surface area contributed by atoms with Gasteiger partial charge in [-0.1, -0.05) is 24.3 Å². The molecule has 2 heterocycles. The highest BCUT2D eigenvalue weighted by molar-refractivity contribution is 6.31. The lowest BCUT2D eigenvalue weighted by Crippen LogP contribution is -2.45. The van der Waals surface area contributed by atoms with Crippen LogP contribution in [0.3, 0.4) is 0 Å². The Morgan fingerprint density at radius 2 is 2.23 bits per heavy atom. The number of nitrogens with zero attached hydrogens (tertiary/aromatic N) is 1. The third-order valence-corrected chi connectivity index (χ3v) is 5.15. The van der Waals surface area contributed by atoms with Crippen molar-refractivity contribution in [2.45, 2.75) is 31.8 Å². The molecular formula is C23H33ClN6. The Kier molecular flexibility index (Phi) is 9.51. The fourth-order valence-electron chi connectivity index (χ4n) is 3.38. The van der Waals surface area contributed by atoms with E-state index in [1.165, 1.54) is 31.8 Å². The van der Waals surface area contributed by atoms with Crippen LogP contribution in [0.1, 0.15) is 25.0 Å². The van der Waals surface area contributed by atoms with Gasteiger partial charge < -0.3 is 31.7 Å². The van der Waals surface area contributed by atoms with Crippen molar-refractivity contribution in [2.24, 2.45) is 5.73 Å². The highest BCUT2D eigenvalue weighted by atomic mass is 35.5. The average molecular weight is 429 g/mol. The number of likely N-dealkylation sites (tertiary alicyclic amines) is 1. The number of fused-ring (bicyclic) bond motifs is 1. The molecule has 1 fully saturated rings. The van der Waals surface area contributed by atoms with Crippen molar-refractivity contribution in [1.29, 1.82) is 5.41 Å². The molecule has 1 unspecified atom stereocenters. The van der Waals surface area contributed by atoms with E-state index in [9.17, 15) is 0 Å². The van der Waals surface area contributed by atoms with Crippen LogP contribution in [0, 0.1) is 5.41 Å². The topological polar surface area (TPSA) is 93.0 Å². The summed E-state index contributed by atoms with van der Waals surface area (Å²) in [6, 6.07) is 8.49. The molecule has 1 aromatic carbocycles. The number of rotatable bonds is 8. The van der Waals surface area contributed by atoms with Gasteiger partial charge in [0.25, 0.3) is 0 Å². The second-order valence-electron chi connectivity index (χ2n) is 7.48. The highest BCUT2D eigenvalue weighted by Gasteiger charge is 2.16. The summed E-state index contributed by atoms with van der Waals surface area (Å²) in [5.41, 5.74) is 8.13. The summed E-state index contributed by atoms with van der Waals surface area (Å²) in [4.78, 5) is 5.75. The summed E-state index contributed by atoms with van der Waals surface area (Å²) in [5.74, 6) is 0.886. The Labute approximate surface area is 184 Å². The van der Waals surface area contributed by atoms with Gasteiger partial charge in [-0.25, -0.2) is 0 Å². The van der Waals surface area contributed by atoms with Crippen molar-refractivity contribution in [3.63, 3.8) is 0 Å². The summed E-state index contributed by atoms with van der Waals surface area (Å²) in [6.45, 7) is 10.6. The van der Waals surface area contributed by atoms with Gasteiger partial charge >= 0.3 is 0 Å². The Morgan fingerprint density at radius 3 is 2.87 bits per heavy atom. The fraction of sp³-hybridized carbons (Fsp3) is 0.348. The van der Waals surface area contributed by atoms with Gasteiger partial charge in [0.1, 0.15) is 0 Å². The lowest BCUT2D eigenvalue weighted by molar-refractivity contribution is 0.233. The van der Waals surface area contributed by atoms with E-state index >= 15 is 0 Å². The maximum absolute atomic E-state index is 6.74. The van der Waals surface area contributed by atoms with Gasteiger partial charge in [0.15, 0.2) is 0 Å². The van der Waals surface area contributed by atoms with E-state index < -0.39 is 0 Å². The first-order chi connectivity index (χ1) is 14.4. The number of aromatic amines is 1. The average Bonchev–Trinajstić information content (AvgIpc) is 3.13. The smallest absolute Gasteiger partial charge is 0.0918 e. The number of nitrogens with one attached hydrogen (secondary N) is 4. The molecular weight excluding hydrogens is 396 g/mol. The second-order valence-corrected chi connectivity index (χ2v) is 7.92. The Bertz CT molecular complexity index is 885. The van der Waals surface area contributed by atoms with Gasteiger partial charge in [-0.15, -0.1) is 6.58 Å². The van der Waals surface area contributed by atoms with Crippen molar-refractivity contribution < 1.29 is 0 Å². The van der Waals surface area contributed by atoms with Gasteiger partial charge in [-0.3, -0.25) is 0 Å². The van der Waals surface area contributed by atoms with E-state index in [-0.39, 0.29) is 0 Å². The molecule has 2 aromatic rings. The number of hydrogen-bond acceptors (Lipinski definition) is 5. The zero-order chi connectivity index (χ0) is 21.9. The van der Waals surface area contributed by atoms with E-state index in [0.717, 1.165) is 46.1 Å². The normalized spacial score (nSPS) is 17.0. The largest absolute Gasteiger partial charge is 0.404 e. The van der Waals surface area contributed by atoms with E-state index in [1.54, 1.807) is 6.08 Å². The van der Waals surface area contributed by atoms with E-state index in [2.05, 4.69) is 46.8 Å². The zero-order valence-electron chi connectivity index (χ0n) is 17.7. The number of likely N-dealkylation sites (N-methyl/N-ethyl adjacent to an activating group) is 1. The number of H-pyrrole nitrogens is 1. The Balaban J connectivity index is 0.000000343. The van der Waals surface area contributed by atoms with Gasteiger partial charge in [0, 0.05) is 40.4 Å². The maximum Gasteiger partial charge on any atom is 0.0918 e. The van der Waals surface area contributed by atoms with Gasteiger partial charge in [0.05, 0.1) is 12.4 Å². The third kappa shape index (κ3) is 7.61. The van der Waals surface area contributed by atoms with Crippen molar-refractivity contribution in [2.75, 3.05) is 20.1 Å². The molecule has 0 spiro atoms. The van der Waals surface area contributed by atoms with Crippen LogP contribution in [-0.4, -0.2) is 42.3 Å². The van der Waals surface area contributed by atoms with Crippen LogP contribution in [0.2, 0.25) is 5.02 Å². The number of benzene rings is 1. The van der Waals surface area contributed by atoms with Crippen LogP contribution in [0.5, 0.6) is 0 Å². The molecule has 1 saturated heterocycles. The summed E-state index contributed by atoms with van der Waals surface area (Å²) in [5, 5.41) is 15.5. The van der Waals surface area contributed by atoms with Crippen LogP contribution in [0.4, 0.5) is 0 Å². The number of hydrogen-bond donors (Lipinski definition) is 5. The van der Waals surface area contributed by atoms with E-state index in [1.807, 2.05) is 18.2 Å². The number of piperidine rings is 1. The van der Waals surface area contributed by atoms with Crippen LogP contribution >= 0.6 is 11.6 Å². The Morgan fingerprint density at radius 1 is 1.43 bits per heavy atom. The number of nitrogens with two attached hydrogens (primary N) is 1. The quantitative estimate of drug-likeness (QED) is 0.323. The van der Waals surface area contributed by atoms with Gasteiger partial charge in [0.2, 0.25) is 0 Å². The molecule has 6 N–H and O–H groups in total. The number of allylic oxidation sites excluding steroid dienone is 2. The van der Waals surface area contributed by atoms with E-state index in [4.69, 9.17) is 22.7 Å². The Hall–Kier alpha value is -2.70. The molecule has 30 heavy (non-hydrogen) atoms. The molecule has 0 radical (unpaired) electrons. The predicted molar refractivity (Wildman–Crippen MR) is 129 cm³/mol. The fourth-order valence-corrected chi connectivity index (χ4v) is 3.56. The molecule has 162 valence electrons. The zero-order valence-corrected chi connectivity index (χ0v) is 18.4. The van der Waals surface area contributed by atoms with Crippen LogP contribution in [0.25, 0.3) is 10.9 Å². The SMILES string of the molecule is C=C(NCc1cc2cc(Cl)ccc2[nH]1)NC1CCCN(C)C1.C=CC/C(C=N)=C/N. The van der Waals surface area contributed by atoms with Crippen molar-refractivity contribution in [3.05, 3.63) is 71.8 Å². The molecule has 1 atom stereocenters.